The van der Waals surface area contributed by atoms with Gasteiger partial charge in [-0.05, 0) is 25.0 Å². The van der Waals surface area contributed by atoms with Crippen molar-refractivity contribution in [2.24, 2.45) is 0 Å². The monoisotopic (exact) mass is 375 g/mol. The maximum atomic E-state index is 12.6. The molecule has 1 aromatic heterocycles. The van der Waals surface area contributed by atoms with Gasteiger partial charge < -0.3 is 24.5 Å². The average Bonchev–Trinajstić information content (AvgIpc) is 3.18. The van der Waals surface area contributed by atoms with Crippen molar-refractivity contribution in [2.45, 2.75) is 25.5 Å². The normalized spacial score (nSPS) is 16.1. The van der Waals surface area contributed by atoms with Crippen LogP contribution in [0.1, 0.15) is 23.2 Å². The predicted molar refractivity (Wildman–Crippen MR) is 97.8 cm³/mol. The molecule has 1 aromatic carbocycles. The number of carbonyl (C=O) groups excluding carboxylic acids is 1. The van der Waals surface area contributed by atoms with Gasteiger partial charge in [0.1, 0.15) is 17.1 Å². The van der Waals surface area contributed by atoms with Gasteiger partial charge in [-0.3, -0.25) is 14.2 Å². The van der Waals surface area contributed by atoms with Gasteiger partial charge in [0, 0.05) is 18.9 Å². The summed E-state index contributed by atoms with van der Waals surface area (Å²) in [5.74, 6) is 0.292. The van der Waals surface area contributed by atoms with Crippen molar-refractivity contribution in [3.63, 3.8) is 0 Å². The number of ether oxygens (including phenoxy) is 3. The number of carbonyl (C=O) groups is 1. The van der Waals surface area contributed by atoms with Gasteiger partial charge in [-0.15, -0.1) is 0 Å². The summed E-state index contributed by atoms with van der Waals surface area (Å²) in [5, 5.41) is 2.62. The van der Waals surface area contributed by atoms with Crippen molar-refractivity contribution >= 4 is 11.6 Å². The van der Waals surface area contributed by atoms with Crippen molar-refractivity contribution in [3.05, 3.63) is 50.8 Å². The van der Waals surface area contributed by atoms with E-state index in [1.165, 1.54) is 14.2 Å². The lowest BCUT2D eigenvalue weighted by molar-refractivity contribution is 0.0941. The highest BCUT2D eigenvalue weighted by Gasteiger charge is 2.21. The maximum Gasteiger partial charge on any atom is 0.328 e. The Morgan fingerprint density at radius 3 is 2.81 bits per heavy atom. The minimum atomic E-state index is -0.667. The molecule has 1 atom stereocenters. The van der Waals surface area contributed by atoms with Gasteiger partial charge in [-0.2, -0.15) is 0 Å². The number of aromatic nitrogens is 2. The molecule has 9 nitrogen and oxygen atoms in total. The quantitative estimate of drug-likeness (QED) is 0.779. The van der Waals surface area contributed by atoms with Crippen LogP contribution in [0.4, 0.5) is 5.69 Å². The number of aromatic amines is 1. The molecule has 1 aliphatic rings. The SMILES string of the molecule is COc1ccc(NC(=O)c2c[nH]c(=O)n(CC3CCCO3)c2=O)c(OC)c1. The van der Waals surface area contributed by atoms with Gasteiger partial charge in [0.25, 0.3) is 11.5 Å². The second kappa shape index (κ2) is 8.09. The number of rotatable bonds is 6. The van der Waals surface area contributed by atoms with Gasteiger partial charge in [-0.1, -0.05) is 0 Å². The highest BCUT2D eigenvalue weighted by atomic mass is 16.5. The molecule has 1 aliphatic heterocycles. The van der Waals surface area contributed by atoms with Crippen LogP contribution in [0.5, 0.6) is 11.5 Å². The lowest BCUT2D eigenvalue weighted by Crippen LogP contribution is -2.41. The molecule has 2 N–H and O–H groups in total. The topological polar surface area (TPSA) is 112 Å². The molecule has 27 heavy (non-hydrogen) atoms. The number of hydrogen-bond donors (Lipinski definition) is 2. The van der Waals surface area contributed by atoms with E-state index in [4.69, 9.17) is 14.2 Å². The number of hydrogen-bond acceptors (Lipinski definition) is 6. The molecule has 1 amide bonds. The second-order valence-corrected chi connectivity index (χ2v) is 6.08. The highest BCUT2D eigenvalue weighted by Crippen LogP contribution is 2.29. The molecule has 1 saturated heterocycles. The Kier molecular flexibility index (Phi) is 5.60. The molecule has 0 saturated carbocycles. The fraction of sp³-hybridized carbons (Fsp3) is 0.389. The first-order chi connectivity index (χ1) is 13.0. The van der Waals surface area contributed by atoms with Crippen LogP contribution in [-0.4, -0.2) is 42.4 Å². The molecule has 0 bridgehead atoms. The van der Waals surface area contributed by atoms with Gasteiger partial charge in [-0.25, -0.2) is 4.79 Å². The van der Waals surface area contributed by atoms with Gasteiger partial charge >= 0.3 is 5.69 Å². The van der Waals surface area contributed by atoms with Crippen LogP contribution in [0.2, 0.25) is 0 Å². The molecule has 2 aromatic rings. The Morgan fingerprint density at radius 1 is 1.33 bits per heavy atom. The van der Waals surface area contributed by atoms with Crippen LogP contribution in [-0.2, 0) is 11.3 Å². The second-order valence-electron chi connectivity index (χ2n) is 6.08. The van der Waals surface area contributed by atoms with Crippen LogP contribution in [0.3, 0.4) is 0 Å². The number of amides is 1. The van der Waals surface area contributed by atoms with E-state index in [1.807, 2.05) is 0 Å². The van der Waals surface area contributed by atoms with Crippen LogP contribution >= 0.6 is 0 Å². The van der Waals surface area contributed by atoms with Crippen molar-refractivity contribution in [1.82, 2.24) is 9.55 Å². The molecule has 0 spiro atoms. The molecule has 3 rings (SSSR count). The van der Waals surface area contributed by atoms with Gasteiger partial charge in [0.15, 0.2) is 0 Å². The lowest BCUT2D eigenvalue weighted by Gasteiger charge is -2.13. The summed E-state index contributed by atoms with van der Waals surface area (Å²) in [4.78, 5) is 39.7. The number of methoxy groups -OCH3 is 2. The molecule has 144 valence electrons. The van der Waals surface area contributed by atoms with Crippen molar-refractivity contribution in [3.8, 4) is 11.5 Å². The van der Waals surface area contributed by atoms with Crippen molar-refractivity contribution in [1.29, 1.82) is 0 Å². The summed E-state index contributed by atoms with van der Waals surface area (Å²) in [7, 11) is 2.98. The fourth-order valence-electron chi connectivity index (χ4n) is 2.92. The smallest absolute Gasteiger partial charge is 0.328 e. The molecule has 1 unspecified atom stereocenters. The zero-order valence-corrected chi connectivity index (χ0v) is 15.1. The van der Waals surface area contributed by atoms with E-state index in [0.717, 1.165) is 23.6 Å². The fourth-order valence-corrected chi connectivity index (χ4v) is 2.92. The van der Waals surface area contributed by atoms with E-state index in [1.54, 1.807) is 18.2 Å². The van der Waals surface area contributed by atoms with E-state index in [-0.39, 0.29) is 18.2 Å². The summed E-state index contributed by atoms with van der Waals surface area (Å²) in [6.07, 6.45) is 2.56. The third-order valence-corrected chi connectivity index (χ3v) is 4.37. The van der Waals surface area contributed by atoms with Crippen LogP contribution in [0, 0.1) is 0 Å². The number of H-pyrrole nitrogens is 1. The predicted octanol–water partition coefficient (Wildman–Crippen LogP) is 0.985. The molecule has 9 heteroatoms. The first-order valence-corrected chi connectivity index (χ1v) is 8.51. The summed E-state index contributed by atoms with van der Waals surface area (Å²) in [6, 6.07) is 4.87. The molecule has 1 fully saturated rings. The standard InChI is InChI=1S/C18H21N3O6/c1-25-11-5-6-14(15(8-11)26-2)20-16(22)13-9-19-18(24)21(17(13)23)10-12-4-3-7-27-12/h5-6,8-9,12H,3-4,7,10H2,1-2H3,(H,19,24)(H,20,22). The Morgan fingerprint density at radius 2 is 2.15 bits per heavy atom. The van der Waals surface area contributed by atoms with Crippen molar-refractivity contribution < 1.29 is 19.0 Å². The zero-order chi connectivity index (χ0) is 19.4. The number of nitrogens with zero attached hydrogens (tertiary/aromatic N) is 1. The van der Waals surface area contributed by atoms with E-state index in [9.17, 15) is 14.4 Å². The molecular formula is C18H21N3O6. The summed E-state index contributed by atoms with van der Waals surface area (Å²) < 4.78 is 16.8. The first-order valence-electron chi connectivity index (χ1n) is 8.51. The van der Waals surface area contributed by atoms with E-state index < -0.39 is 17.2 Å². The Balaban J connectivity index is 1.87. The van der Waals surface area contributed by atoms with E-state index in [2.05, 4.69) is 10.3 Å². The zero-order valence-electron chi connectivity index (χ0n) is 15.1. The number of benzene rings is 1. The maximum absolute atomic E-state index is 12.6. The number of nitrogens with one attached hydrogen (secondary N) is 2. The largest absolute Gasteiger partial charge is 0.497 e. The summed E-state index contributed by atoms with van der Waals surface area (Å²) >= 11 is 0. The third kappa shape index (κ3) is 4.03. The molecule has 0 radical (unpaired) electrons. The average molecular weight is 375 g/mol. The summed E-state index contributed by atoms with van der Waals surface area (Å²) in [6.45, 7) is 0.718. The van der Waals surface area contributed by atoms with Crippen LogP contribution < -0.4 is 26.0 Å². The van der Waals surface area contributed by atoms with Crippen molar-refractivity contribution in [2.75, 3.05) is 26.1 Å². The third-order valence-electron chi connectivity index (χ3n) is 4.37. The minimum Gasteiger partial charge on any atom is -0.497 e. The summed E-state index contributed by atoms with van der Waals surface area (Å²) in [5.41, 5.74) is -1.04. The Bertz CT molecular complexity index is 943. The molecular weight excluding hydrogens is 354 g/mol. The van der Waals surface area contributed by atoms with Crippen LogP contribution in [0.25, 0.3) is 0 Å². The molecule has 2 heterocycles. The molecule has 0 aliphatic carbocycles. The number of anilines is 1. The van der Waals surface area contributed by atoms with Gasteiger partial charge in [0.2, 0.25) is 0 Å². The Hall–Kier alpha value is -3.07. The first kappa shape index (κ1) is 18.7. The Labute approximate surface area is 154 Å². The van der Waals surface area contributed by atoms with Gasteiger partial charge in [0.05, 0.1) is 32.6 Å². The van der Waals surface area contributed by atoms with E-state index >= 15 is 0 Å². The van der Waals surface area contributed by atoms with Crippen LogP contribution in [0.15, 0.2) is 34.0 Å². The van der Waals surface area contributed by atoms with E-state index in [0.29, 0.717) is 23.8 Å². The lowest BCUT2D eigenvalue weighted by atomic mass is 10.2. The minimum absolute atomic E-state index is 0.112. The highest BCUT2D eigenvalue weighted by molar-refractivity contribution is 6.04.